The lowest BCUT2D eigenvalue weighted by molar-refractivity contribution is 0.258. The molecule has 0 spiro atoms. The molecular formula is C12H16N2O3S. The number of aromatic nitrogens is 2. The Bertz CT molecular complexity index is 686. The molecule has 1 aromatic carbocycles. The van der Waals surface area contributed by atoms with Crippen LogP contribution in [-0.4, -0.2) is 34.4 Å². The first-order valence-corrected chi connectivity index (χ1v) is 7.04. The number of aliphatic hydroxyl groups excluding tert-OH is 1. The minimum Gasteiger partial charge on any atom is -0.395 e. The molecule has 0 aliphatic carbocycles. The molecule has 98 valence electrons. The van der Waals surface area contributed by atoms with E-state index in [4.69, 9.17) is 0 Å². The number of nitrogens with zero attached hydrogens (tertiary/aromatic N) is 2. The molecule has 0 atom stereocenters. The molecule has 0 saturated carbocycles. The van der Waals surface area contributed by atoms with E-state index in [1.54, 1.807) is 24.5 Å². The highest BCUT2D eigenvalue weighted by molar-refractivity contribution is 7.92. The van der Waals surface area contributed by atoms with Crippen molar-refractivity contribution in [2.75, 3.05) is 6.61 Å². The van der Waals surface area contributed by atoms with Crippen LogP contribution in [0.5, 0.6) is 0 Å². The van der Waals surface area contributed by atoms with Gasteiger partial charge in [0.2, 0.25) is 0 Å². The van der Waals surface area contributed by atoms with Crippen molar-refractivity contribution in [2.24, 2.45) is 7.05 Å². The van der Waals surface area contributed by atoms with Crippen LogP contribution in [-0.2, 0) is 16.9 Å². The molecule has 2 rings (SSSR count). The number of hydrogen-bond donors (Lipinski definition) is 1. The first kappa shape index (κ1) is 13.0. The fraction of sp³-hybridized carbons (Fsp3) is 0.417. The van der Waals surface area contributed by atoms with Crippen LogP contribution < -0.4 is 0 Å². The van der Waals surface area contributed by atoms with Gasteiger partial charge >= 0.3 is 0 Å². The highest BCUT2D eigenvalue weighted by Gasteiger charge is 2.35. The predicted octanol–water partition coefficient (Wildman–Crippen LogP) is 1.12. The van der Waals surface area contributed by atoms with Crippen molar-refractivity contribution in [2.45, 2.75) is 23.5 Å². The lowest BCUT2D eigenvalue weighted by Crippen LogP contribution is -2.35. The maximum atomic E-state index is 12.3. The number of sulfone groups is 1. The van der Waals surface area contributed by atoms with Crippen molar-refractivity contribution in [3.05, 3.63) is 24.5 Å². The van der Waals surface area contributed by atoms with Crippen LogP contribution in [0.4, 0.5) is 0 Å². The van der Waals surface area contributed by atoms with Crippen molar-refractivity contribution in [1.82, 2.24) is 9.55 Å². The summed E-state index contributed by atoms with van der Waals surface area (Å²) in [6.07, 6.45) is 1.64. The van der Waals surface area contributed by atoms with Gasteiger partial charge in [0.15, 0.2) is 9.84 Å². The largest absolute Gasteiger partial charge is 0.395 e. The van der Waals surface area contributed by atoms with E-state index in [1.807, 2.05) is 11.6 Å². The number of fused-ring (bicyclic) bond motifs is 1. The summed E-state index contributed by atoms with van der Waals surface area (Å²) >= 11 is 0. The average molecular weight is 268 g/mol. The van der Waals surface area contributed by atoms with E-state index in [2.05, 4.69) is 4.98 Å². The molecule has 0 fully saturated rings. The third kappa shape index (κ3) is 1.81. The Balaban J connectivity index is 2.62. The van der Waals surface area contributed by atoms with Gasteiger partial charge in [-0.3, -0.25) is 0 Å². The lowest BCUT2D eigenvalue weighted by atomic mass is 10.2. The van der Waals surface area contributed by atoms with Gasteiger partial charge in [0.05, 0.1) is 33.6 Å². The van der Waals surface area contributed by atoms with Crippen LogP contribution in [0.15, 0.2) is 29.4 Å². The summed E-state index contributed by atoms with van der Waals surface area (Å²) in [6.45, 7) is 2.59. The fourth-order valence-corrected chi connectivity index (χ4v) is 3.01. The van der Waals surface area contributed by atoms with Gasteiger partial charge in [-0.2, -0.15) is 0 Å². The van der Waals surface area contributed by atoms with Gasteiger partial charge in [-0.15, -0.1) is 0 Å². The monoisotopic (exact) mass is 268 g/mol. The summed E-state index contributed by atoms with van der Waals surface area (Å²) < 4.78 is 25.3. The summed E-state index contributed by atoms with van der Waals surface area (Å²) in [5.74, 6) is 0. The van der Waals surface area contributed by atoms with Crippen LogP contribution in [0.1, 0.15) is 13.8 Å². The quantitative estimate of drug-likeness (QED) is 0.905. The van der Waals surface area contributed by atoms with E-state index >= 15 is 0 Å². The molecule has 0 aliphatic heterocycles. The van der Waals surface area contributed by atoms with Crippen LogP contribution >= 0.6 is 0 Å². The smallest absolute Gasteiger partial charge is 0.185 e. The molecule has 6 heteroatoms. The summed E-state index contributed by atoms with van der Waals surface area (Å²) in [4.78, 5) is 4.32. The second kappa shape index (κ2) is 4.07. The fourth-order valence-electron chi connectivity index (χ4n) is 1.69. The van der Waals surface area contributed by atoms with Crippen molar-refractivity contribution in [3.8, 4) is 0 Å². The minimum atomic E-state index is -3.57. The van der Waals surface area contributed by atoms with Crippen molar-refractivity contribution in [1.29, 1.82) is 0 Å². The van der Waals surface area contributed by atoms with Crippen LogP contribution in [0.2, 0.25) is 0 Å². The Morgan fingerprint density at radius 1 is 1.39 bits per heavy atom. The maximum absolute atomic E-state index is 12.3. The summed E-state index contributed by atoms with van der Waals surface area (Å²) in [6, 6.07) is 4.82. The Labute approximate surface area is 106 Å². The molecule has 0 radical (unpaired) electrons. The average Bonchev–Trinajstić information content (AvgIpc) is 2.70. The van der Waals surface area contributed by atoms with E-state index in [1.165, 1.54) is 13.8 Å². The topological polar surface area (TPSA) is 72.2 Å². The van der Waals surface area contributed by atoms with Crippen molar-refractivity contribution < 1.29 is 13.5 Å². The molecule has 1 aromatic heterocycles. The van der Waals surface area contributed by atoms with Crippen LogP contribution in [0.25, 0.3) is 11.0 Å². The number of rotatable bonds is 3. The molecule has 0 unspecified atom stereocenters. The van der Waals surface area contributed by atoms with E-state index in [9.17, 15) is 13.5 Å². The molecule has 0 saturated heterocycles. The third-order valence-corrected chi connectivity index (χ3v) is 5.57. The van der Waals surface area contributed by atoms with Crippen molar-refractivity contribution in [3.63, 3.8) is 0 Å². The van der Waals surface area contributed by atoms with Gasteiger partial charge in [-0.25, -0.2) is 13.4 Å². The number of aryl methyl sites for hydroxylation is 1. The zero-order valence-corrected chi connectivity index (χ0v) is 11.4. The van der Waals surface area contributed by atoms with Gasteiger partial charge in [0, 0.05) is 7.05 Å². The molecule has 1 heterocycles. The Hall–Kier alpha value is -1.40. The number of benzene rings is 1. The van der Waals surface area contributed by atoms with Gasteiger partial charge in [-0.1, -0.05) is 0 Å². The molecule has 1 N–H and O–H groups in total. The van der Waals surface area contributed by atoms with Crippen LogP contribution in [0, 0.1) is 0 Å². The Morgan fingerprint density at radius 2 is 2.06 bits per heavy atom. The third-order valence-electron chi connectivity index (χ3n) is 3.12. The molecular weight excluding hydrogens is 252 g/mol. The van der Waals surface area contributed by atoms with Gasteiger partial charge in [0.1, 0.15) is 0 Å². The first-order chi connectivity index (χ1) is 8.29. The predicted molar refractivity (Wildman–Crippen MR) is 69.1 cm³/mol. The summed E-state index contributed by atoms with van der Waals surface area (Å²) in [5.41, 5.74) is 1.50. The van der Waals surface area contributed by atoms with Gasteiger partial charge in [0.25, 0.3) is 0 Å². The van der Waals surface area contributed by atoms with Gasteiger partial charge < -0.3 is 9.67 Å². The number of hydrogen-bond acceptors (Lipinski definition) is 4. The number of imidazole rings is 1. The highest BCUT2D eigenvalue weighted by Crippen LogP contribution is 2.27. The molecule has 2 aromatic rings. The summed E-state index contributed by atoms with van der Waals surface area (Å²) in [5, 5.41) is 9.21. The van der Waals surface area contributed by atoms with E-state index in [0.717, 1.165) is 5.52 Å². The summed E-state index contributed by atoms with van der Waals surface area (Å²) in [7, 11) is -1.72. The molecule has 5 nitrogen and oxygen atoms in total. The molecule has 18 heavy (non-hydrogen) atoms. The SMILES string of the molecule is Cn1cnc2cc(S(=O)(=O)C(C)(C)CO)ccc21. The second-order valence-electron chi connectivity index (χ2n) is 4.93. The Morgan fingerprint density at radius 3 is 2.67 bits per heavy atom. The highest BCUT2D eigenvalue weighted by atomic mass is 32.2. The standard InChI is InChI=1S/C12H16N2O3S/c1-12(2,7-15)18(16,17)9-4-5-11-10(6-9)13-8-14(11)3/h4-6,8,15H,7H2,1-3H3. The van der Waals surface area contributed by atoms with Crippen molar-refractivity contribution >= 4 is 20.9 Å². The minimum absolute atomic E-state index is 0.188. The second-order valence-corrected chi connectivity index (χ2v) is 7.51. The first-order valence-electron chi connectivity index (χ1n) is 5.56. The zero-order valence-electron chi connectivity index (χ0n) is 10.6. The molecule has 0 aliphatic rings. The van der Waals surface area contributed by atoms with Crippen LogP contribution in [0.3, 0.4) is 0 Å². The number of aliphatic hydroxyl groups is 1. The normalized spacial score (nSPS) is 13.1. The van der Waals surface area contributed by atoms with Gasteiger partial charge in [-0.05, 0) is 32.0 Å². The molecule has 0 amide bonds. The molecule has 0 bridgehead atoms. The van der Waals surface area contributed by atoms with E-state index in [0.29, 0.717) is 5.52 Å². The maximum Gasteiger partial charge on any atom is 0.185 e. The van der Waals surface area contributed by atoms with E-state index < -0.39 is 21.2 Å². The van der Waals surface area contributed by atoms with E-state index in [-0.39, 0.29) is 4.90 Å². The lowest BCUT2D eigenvalue weighted by Gasteiger charge is -2.21. The zero-order chi connectivity index (χ0) is 13.6. The Kier molecular flexibility index (Phi) is 2.95.